The summed E-state index contributed by atoms with van der Waals surface area (Å²) < 4.78 is 59.0. The summed E-state index contributed by atoms with van der Waals surface area (Å²) >= 11 is 0. The van der Waals surface area contributed by atoms with Gasteiger partial charge < -0.3 is 15.2 Å². The first-order valence-electron chi connectivity index (χ1n) is 6.40. The van der Waals surface area contributed by atoms with Crippen molar-refractivity contribution in [1.29, 1.82) is 0 Å². The van der Waals surface area contributed by atoms with Crippen molar-refractivity contribution < 1.29 is 27.0 Å². The Kier molecular flexibility index (Phi) is 5.44. The van der Waals surface area contributed by atoms with Gasteiger partial charge in [0.15, 0.2) is 0 Å². The average Bonchev–Trinajstić information content (AvgIpc) is 2.32. The second-order valence-corrected chi connectivity index (χ2v) is 5.60. The highest BCUT2D eigenvalue weighted by Crippen LogP contribution is 2.35. The molecule has 0 saturated carbocycles. The molecule has 0 saturated heterocycles. The van der Waals surface area contributed by atoms with Crippen molar-refractivity contribution in [3.63, 3.8) is 0 Å². The molecule has 1 aromatic rings. The molecule has 120 valence electrons. The molecule has 0 aliphatic carbocycles. The summed E-state index contributed by atoms with van der Waals surface area (Å²) in [4.78, 5) is 0. The zero-order chi connectivity index (χ0) is 16.3. The SMILES string of the molecule is CC(C)(C)c1ccc(OC(F)(F)F)cc1OCC(F)CN. The van der Waals surface area contributed by atoms with Crippen LogP contribution in [0, 0.1) is 0 Å². The van der Waals surface area contributed by atoms with Gasteiger partial charge in [-0.3, -0.25) is 0 Å². The fourth-order valence-electron chi connectivity index (χ4n) is 1.69. The maximum atomic E-state index is 13.2. The van der Waals surface area contributed by atoms with E-state index in [0.29, 0.717) is 5.56 Å². The van der Waals surface area contributed by atoms with Gasteiger partial charge in [0.1, 0.15) is 24.3 Å². The summed E-state index contributed by atoms with van der Waals surface area (Å²) in [5, 5.41) is 0. The van der Waals surface area contributed by atoms with Crippen LogP contribution in [-0.4, -0.2) is 25.7 Å². The molecule has 1 atom stereocenters. The van der Waals surface area contributed by atoms with Crippen molar-refractivity contribution in [2.75, 3.05) is 13.2 Å². The molecule has 2 N–H and O–H groups in total. The largest absolute Gasteiger partial charge is 0.573 e. The third-order valence-corrected chi connectivity index (χ3v) is 2.67. The normalized spacial score (nSPS) is 13.9. The van der Waals surface area contributed by atoms with Crippen LogP contribution in [0.3, 0.4) is 0 Å². The maximum Gasteiger partial charge on any atom is 0.573 e. The molecule has 1 unspecified atom stereocenters. The number of ether oxygens (including phenoxy) is 2. The quantitative estimate of drug-likeness (QED) is 0.846. The van der Waals surface area contributed by atoms with Crippen molar-refractivity contribution in [2.24, 2.45) is 5.73 Å². The standard InChI is InChI=1S/C14H19F4NO2/c1-13(2,3)11-5-4-10(21-14(16,17)18)6-12(11)20-8-9(15)7-19/h4-6,9H,7-8,19H2,1-3H3. The molecule has 0 aromatic heterocycles. The first kappa shape index (κ1) is 17.6. The summed E-state index contributed by atoms with van der Waals surface area (Å²) in [6.07, 6.45) is -6.18. The average molecular weight is 309 g/mol. The topological polar surface area (TPSA) is 44.5 Å². The third kappa shape index (κ3) is 5.79. The van der Waals surface area contributed by atoms with Crippen LogP contribution >= 0.6 is 0 Å². The van der Waals surface area contributed by atoms with E-state index in [-0.39, 0.29) is 24.3 Å². The molecule has 0 spiro atoms. The zero-order valence-corrected chi connectivity index (χ0v) is 12.1. The fraction of sp³-hybridized carbons (Fsp3) is 0.571. The number of alkyl halides is 4. The molecule has 3 nitrogen and oxygen atoms in total. The van der Waals surface area contributed by atoms with Gasteiger partial charge in [-0.1, -0.05) is 26.8 Å². The van der Waals surface area contributed by atoms with Crippen LogP contribution in [0.1, 0.15) is 26.3 Å². The van der Waals surface area contributed by atoms with Crippen molar-refractivity contribution in [1.82, 2.24) is 0 Å². The molecule has 0 heterocycles. The highest BCUT2D eigenvalue weighted by atomic mass is 19.4. The molecule has 0 aliphatic rings. The van der Waals surface area contributed by atoms with Gasteiger partial charge in [0, 0.05) is 12.6 Å². The van der Waals surface area contributed by atoms with Crippen LogP contribution in [0.15, 0.2) is 18.2 Å². The molecule has 0 aliphatic heterocycles. The van der Waals surface area contributed by atoms with E-state index in [2.05, 4.69) is 4.74 Å². The lowest BCUT2D eigenvalue weighted by Crippen LogP contribution is -2.24. The molecule has 21 heavy (non-hydrogen) atoms. The van der Waals surface area contributed by atoms with Gasteiger partial charge in [-0.05, 0) is 17.0 Å². The van der Waals surface area contributed by atoms with Crippen molar-refractivity contribution in [2.45, 2.75) is 38.7 Å². The Morgan fingerprint density at radius 3 is 2.29 bits per heavy atom. The van der Waals surface area contributed by atoms with Gasteiger partial charge in [-0.15, -0.1) is 13.2 Å². The zero-order valence-electron chi connectivity index (χ0n) is 12.1. The summed E-state index contributed by atoms with van der Waals surface area (Å²) in [7, 11) is 0. The van der Waals surface area contributed by atoms with Crippen LogP contribution in [0.2, 0.25) is 0 Å². The fourth-order valence-corrected chi connectivity index (χ4v) is 1.69. The van der Waals surface area contributed by atoms with Crippen molar-refractivity contribution in [3.8, 4) is 11.5 Å². The number of hydrogen-bond donors (Lipinski definition) is 1. The van der Waals surface area contributed by atoms with E-state index in [1.807, 2.05) is 20.8 Å². The lowest BCUT2D eigenvalue weighted by molar-refractivity contribution is -0.274. The second-order valence-electron chi connectivity index (χ2n) is 5.60. The number of nitrogens with two attached hydrogens (primary N) is 1. The van der Waals surface area contributed by atoms with E-state index >= 15 is 0 Å². The van der Waals surface area contributed by atoms with Crippen LogP contribution in [0.5, 0.6) is 11.5 Å². The lowest BCUT2D eigenvalue weighted by Gasteiger charge is -2.24. The molecule has 7 heteroatoms. The molecular formula is C14H19F4NO2. The van der Waals surface area contributed by atoms with E-state index in [0.717, 1.165) is 6.07 Å². The van der Waals surface area contributed by atoms with Crippen molar-refractivity contribution >= 4 is 0 Å². The molecule has 1 aromatic carbocycles. The minimum atomic E-state index is -4.79. The van der Waals surface area contributed by atoms with E-state index in [4.69, 9.17) is 10.5 Å². The first-order valence-corrected chi connectivity index (χ1v) is 6.40. The Hall–Kier alpha value is -1.50. The highest BCUT2D eigenvalue weighted by Gasteiger charge is 2.32. The second kappa shape index (κ2) is 6.51. The smallest absolute Gasteiger partial charge is 0.490 e. The Balaban J connectivity index is 3.05. The van der Waals surface area contributed by atoms with Gasteiger partial charge >= 0.3 is 6.36 Å². The summed E-state index contributed by atoms with van der Waals surface area (Å²) in [5.41, 5.74) is 5.42. The molecule has 0 bridgehead atoms. The number of benzene rings is 1. The van der Waals surface area contributed by atoms with Gasteiger partial charge in [0.05, 0.1) is 0 Å². The van der Waals surface area contributed by atoms with Gasteiger partial charge in [-0.2, -0.15) is 0 Å². The van der Waals surface area contributed by atoms with E-state index < -0.39 is 18.3 Å². The van der Waals surface area contributed by atoms with E-state index in [9.17, 15) is 17.6 Å². The van der Waals surface area contributed by atoms with Crippen LogP contribution < -0.4 is 15.2 Å². The first-order chi connectivity index (χ1) is 9.53. The monoisotopic (exact) mass is 309 g/mol. The number of rotatable bonds is 5. The minimum Gasteiger partial charge on any atom is -0.490 e. The van der Waals surface area contributed by atoms with Crippen molar-refractivity contribution in [3.05, 3.63) is 23.8 Å². The highest BCUT2D eigenvalue weighted by molar-refractivity contribution is 5.44. The molecule has 0 fully saturated rings. The lowest BCUT2D eigenvalue weighted by atomic mass is 9.86. The molecule has 0 amide bonds. The van der Waals surface area contributed by atoms with Gasteiger partial charge in [-0.25, -0.2) is 4.39 Å². The van der Waals surface area contributed by atoms with E-state index in [1.165, 1.54) is 12.1 Å². The Labute approximate surface area is 121 Å². The molecule has 0 radical (unpaired) electrons. The number of hydrogen-bond acceptors (Lipinski definition) is 3. The Morgan fingerprint density at radius 1 is 1.19 bits per heavy atom. The summed E-state index contributed by atoms with van der Waals surface area (Å²) in [5.74, 6) is -0.256. The predicted octanol–water partition coefficient (Wildman–Crippen LogP) is 3.56. The van der Waals surface area contributed by atoms with Crippen LogP contribution in [0.25, 0.3) is 0 Å². The molecular weight excluding hydrogens is 290 g/mol. The Morgan fingerprint density at radius 2 is 1.81 bits per heavy atom. The maximum absolute atomic E-state index is 13.2. The Bertz CT molecular complexity index is 469. The minimum absolute atomic E-state index is 0.153. The van der Waals surface area contributed by atoms with Gasteiger partial charge in [0.2, 0.25) is 0 Å². The molecule has 1 rings (SSSR count). The summed E-state index contributed by atoms with van der Waals surface area (Å²) in [6, 6.07) is 3.79. The summed E-state index contributed by atoms with van der Waals surface area (Å²) in [6.45, 7) is 5.07. The van der Waals surface area contributed by atoms with Crippen LogP contribution in [-0.2, 0) is 5.41 Å². The van der Waals surface area contributed by atoms with E-state index in [1.54, 1.807) is 0 Å². The number of halogens is 4. The van der Waals surface area contributed by atoms with Gasteiger partial charge in [0.25, 0.3) is 0 Å². The van der Waals surface area contributed by atoms with Crippen LogP contribution in [0.4, 0.5) is 17.6 Å². The predicted molar refractivity (Wildman–Crippen MR) is 71.3 cm³/mol. The third-order valence-electron chi connectivity index (χ3n) is 2.67.